The van der Waals surface area contributed by atoms with E-state index in [0.717, 1.165) is 16.7 Å². The SMILES string of the molecule is Cc1ccc(C)c(Cn2nnc3c(=O)[nH]c(C4CCN(S(=O)(=O)c5ccc(S(=O)(=O)N6CCOCC6)cc5)CC4)nc32)c1. The number of hydrogen-bond acceptors (Lipinski definition) is 9. The Kier molecular flexibility index (Phi) is 7.93. The molecule has 0 unspecified atom stereocenters. The first-order valence-corrected chi connectivity index (χ1v) is 17.0. The number of aromatic nitrogens is 5. The summed E-state index contributed by atoms with van der Waals surface area (Å²) in [5, 5.41) is 8.24. The molecule has 2 aliphatic rings. The number of hydrogen-bond donors (Lipinski definition) is 1. The van der Waals surface area contributed by atoms with Crippen LogP contribution in [0.1, 0.15) is 41.3 Å². The van der Waals surface area contributed by atoms with Gasteiger partial charge in [0.25, 0.3) is 5.56 Å². The minimum atomic E-state index is -3.85. The number of H-pyrrole nitrogens is 1. The van der Waals surface area contributed by atoms with E-state index >= 15 is 0 Å². The molecule has 0 atom stereocenters. The van der Waals surface area contributed by atoms with Crippen molar-refractivity contribution in [1.29, 1.82) is 0 Å². The lowest BCUT2D eigenvalue weighted by molar-refractivity contribution is 0.0730. The molecule has 4 aromatic rings. The summed E-state index contributed by atoms with van der Waals surface area (Å²) in [5.41, 5.74) is 3.44. The normalized spacial score (nSPS) is 17.9. The molecule has 2 aromatic carbocycles. The van der Waals surface area contributed by atoms with Crippen LogP contribution in [-0.2, 0) is 31.3 Å². The van der Waals surface area contributed by atoms with Crippen molar-refractivity contribution < 1.29 is 21.6 Å². The molecule has 0 spiro atoms. The monoisotopic (exact) mass is 627 g/mol. The first-order valence-electron chi connectivity index (χ1n) is 14.1. The average Bonchev–Trinajstić information content (AvgIpc) is 3.42. The maximum atomic E-state index is 13.4. The number of nitrogens with one attached hydrogen (secondary N) is 1. The molecule has 6 rings (SSSR count). The summed E-state index contributed by atoms with van der Waals surface area (Å²) in [7, 11) is -7.58. The molecule has 228 valence electrons. The molecule has 13 nitrogen and oxygen atoms in total. The molecule has 2 saturated heterocycles. The van der Waals surface area contributed by atoms with Crippen LogP contribution in [0.25, 0.3) is 11.2 Å². The van der Waals surface area contributed by atoms with Crippen LogP contribution < -0.4 is 5.56 Å². The third kappa shape index (κ3) is 5.74. The highest BCUT2D eigenvalue weighted by Crippen LogP contribution is 2.30. The summed E-state index contributed by atoms with van der Waals surface area (Å²) < 4.78 is 62.3. The van der Waals surface area contributed by atoms with Crippen molar-refractivity contribution in [3.05, 3.63) is 75.3 Å². The average molecular weight is 628 g/mol. The van der Waals surface area contributed by atoms with Gasteiger partial charge in [0.1, 0.15) is 5.82 Å². The molecular formula is C28H33N7O6S2. The maximum absolute atomic E-state index is 13.4. The number of piperidine rings is 1. The zero-order chi connectivity index (χ0) is 30.4. The lowest BCUT2D eigenvalue weighted by atomic mass is 9.97. The fourth-order valence-corrected chi connectivity index (χ4v) is 8.43. The van der Waals surface area contributed by atoms with E-state index < -0.39 is 20.0 Å². The third-order valence-corrected chi connectivity index (χ3v) is 12.0. The van der Waals surface area contributed by atoms with E-state index in [0.29, 0.717) is 44.1 Å². The summed E-state index contributed by atoms with van der Waals surface area (Å²) in [6.45, 7) is 6.07. The van der Waals surface area contributed by atoms with E-state index in [2.05, 4.69) is 21.4 Å². The number of aryl methyl sites for hydroxylation is 2. The van der Waals surface area contributed by atoms with E-state index in [1.807, 2.05) is 26.0 Å². The number of benzene rings is 2. The largest absolute Gasteiger partial charge is 0.379 e. The summed E-state index contributed by atoms with van der Waals surface area (Å²) in [6, 6.07) is 11.5. The third-order valence-electron chi connectivity index (χ3n) is 8.13. The van der Waals surface area contributed by atoms with Crippen molar-refractivity contribution in [1.82, 2.24) is 33.6 Å². The second-order valence-electron chi connectivity index (χ2n) is 11.0. The Bertz CT molecular complexity index is 1920. The number of nitrogens with zero attached hydrogens (tertiary/aromatic N) is 6. The molecule has 0 aliphatic carbocycles. The summed E-state index contributed by atoms with van der Waals surface area (Å²) >= 11 is 0. The second-order valence-corrected chi connectivity index (χ2v) is 14.8. The van der Waals surface area contributed by atoms with Crippen LogP contribution in [0.15, 0.2) is 57.1 Å². The lowest BCUT2D eigenvalue weighted by Crippen LogP contribution is -2.40. The molecule has 43 heavy (non-hydrogen) atoms. The number of rotatable bonds is 7. The van der Waals surface area contributed by atoms with Crippen molar-refractivity contribution in [3.63, 3.8) is 0 Å². The van der Waals surface area contributed by atoms with Crippen molar-refractivity contribution >= 4 is 31.2 Å². The van der Waals surface area contributed by atoms with Gasteiger partial charge in [-0.05, 0) is 62.1 Å². The van der Waals surface area contributed by atoms with Crippen molar-refractivity contribution in [3.8, 4) is 0 Å². The lowest BCUT2D eigenvalue weighted by Gasteiger charge is -2.30. The van der Waals surface area contributed by atoms with Crippen LogP contribution in [0.3, 0.4) is 0 Å². The molecular weight excluding hydrogens is 594 g/mol. The fraction of sp³-hybridized carbons (Fsp3) is 0.429. The number of aromatic amines is 1. The molecule has 2 fully saturated rings. The van der Waals surface area contributed by atoms with E-state index in [1.54, 1.807) is 4.68 Å². The Morgan fingerprint density at radius 2 is 1.49 bits per heavy atom. The highest BCUT2D eigenvalue weighted by molar-refractivity contribution is 7.89. The minimum Gasteiger partial charge on any atom is -0.379 e. The van der Waals surface area contributed by atoms with Gasteiger partial charge in [-0.15, -0.1) is 5.10 Å². The molecule has 2 aromatic heterocycles. The number of sulfonamides is 2. The summed E-state index contributed by atoms with van der Waals surface area (Å²) in [4.78, 5) is 20.5. The van der Waals surface area contributed by atoms with Gasteiger partial charge in [0.2, 0.25) is 20.0 Å². The molecule has 0 bridgehead atoms. The Balaban J connectivity index is 1.17. The van der Waals surface area contributed by atoms with Crippen molar-refractivity contribution in [2.24, 2.45) is 0 Å². The van der Waals surface area contributed by atoms with E-state index in [-0.39, 0.29) is 53.0 Å². The Morgan fingerprint density at radius 1 is 0.884 bits per heavy atom. The molecule has 2 aliphatic heterocycles. The first kappa shape index (κ1) is 29.6. The van der Waals surface area contributed by atoms with Crippen LogP contribution in [0.4, 0.5) is 0 Å². The van der Waals surface area contributed by atoms with Crippen LogP contribution >= 0.6 is 0 Å². The van der Waals surface area contributed by atoms with Gasteiger partial charge >= 0.3 is 0 Å². The Labute approximate surface area is 249 Å². The van der Waals surface area contributed by atoms with Gasteiger partial charge in [0, 0.05) is 32.1 Å². The van der Waals surface area contributed by atoms with Crippen LogP contribution in [0, 0.1) is 13.8 Å². The topological polar surface area (TPSA) is 160 Å². The molecule has 1 N–H and O–H groups in total. The zero-order valence-corrected chi connectivity index (χ0v) is 25.6. The smallest absolute Gasteiger partial charge is 0.281 e. The van der Waals surface area contributed by atoms with Crippen LogP contribution in [-0.4, -0.2) is 89.8 Å². The van der Waals surface area contributed by atoms with Gasteiger partial charge < -0.3 is 9.72 Å². The van der Waals surface area contributed by atoms with Crippen LogP contribution in [0.2, 0.25) is 0 Å². The number of fused-ring (bicyclic) bond motifs is 1. The van der Waals surface area contributed by atoms with Gasteiger partial charge in [0.05, 0.1) is 29.5 Å². The Morgan fingerprint density at radius 3 is 2.12 bits per heavy atom. The van der Waals surface area contributed by atoms with E-state index in [9.17, 15) is 21.6 Å². The van der Waals surface area contributed by atoms with E-state index in [4.69, 9.17) is 9.72 Å². The van der Waals surface area contributed by atoms with Gasteiger partial charge in [-0.3, -0.25) is 4.79 Å². The minimum absolute atomic E-state index is 0.0289. The number of ether oxygens (including phenoxy) is 1. The summed E-state index contributed by atoms with van der Waals surface area (Å²) in [6.07, 6.45) is 0.908. The van der Waals surface area contributed by atoms with Crippen molar-refractivity contribution in [2.45, 2.75) is 48.9 Å². The van der Waals surface area contributed by atoms with Gasteiger partial charge in [-0.2, -0.15) is 8.61 Å². The molecule has 0 amide bonds. The zero-order valence-electron chi connectivity index (χ0n) is 23.9. The standard InChI is InChI=1S/C28H33N7O6S2/c1-19-3-4-20(2)22(17-19)18-35-27-25(31-32-35)28(36)30-26(29-27)21-9-11-33(12-10-21)42(37,38)23-5-7-24(8-6-23)43(39,40)34-13-15-41-16-14-34/h3-8,17,21H,9-16,18H2,1-2H3,(H,29,30,36). The second kappa shape index (κ2) is 11.5. The van der Waals surface area contributed by atoms with Gasteiger partial charge in [0.15, 0.2) is 11.2 Å². The van der Waals surface area contributed by atoms with E-state index in [1.165, 1.54) is 32.9 Å². The fourth-order valence-electron chi connectivity index (χ4n) is 5.55. The molecule has 15 heteroatoms. The quantitative estimate of drug-likeness (QED) is 0.322. The molecule has 4 heterocycles. The highest BCUT2D eigenvalue weighted by Gasteiger charge is 2.32. The maximum Gasteiger partial charge on any atom is 0.281 e. The predicted molar refractivity (Wildman–Crippen MR) is 158 cm³/mol. The van der Waals surface area contributed by atoms with Gasteiger partial charge in [-0.1, -0.05) is 29.0 Å². The molecule has 0 radical (unpaired) electrons. The van der Waals surface area contributed by atoms with Gasteiger partial charge in [-0.25, -0.2) is 26.5 Å². The Hall–Kier alpha value is -3.50. The molecule has 0 saturated carbocycles. The summed E-state index contributed by atoms with van der Waals surface area (Å²) in [5.74, 6) is 0.324. The predicted octanol–water partition coefficient (Wildman–Crippen LogP) is 1.77. The number of morpholine rings is 1. The van der Waals surface area contributed by atoms with Crippen molar-refractivity contribution in [2.75, 3.05) is 39.4 Å². The van der Waals surface area contributed by atoms with Crippen LogP contribution in [0.5, 0.6) is 0 Å². The highest BCUT2D eigenvalue weighted by atomic mass is 32.2. The first-order chi connectivity index (χ1) is 20.5.